The van der Waals surface area contributed by atoms with Gasteiger partial charge in [-0.1, -0.05) is 5.16 Å². The van der Waals surface area contributed by atoms with Gasteiger partial charge >= 0.3 is 0 Å². The number of aryl methyl sites for hydroxylation is 2. The van der Waals surface area contributed by atoms with Gasteiger partial charge in [0.25, 0.3) is 0 Å². The lowest BCUT2D eigenvalue weighted by Gasteiger charge is -2.05. The van der Waals surface area contributed by atoms with Crippen LogP contribution in [0.25, 0.3) is 22.2 Å². The van der Waals surface area contributed by atoms with E-state index in [-0.39, 0.29) is 0 Å². The zero-order valence-corrected chi connectivity index (χ0v) is 11.1. The van der Waals surface area contributed by atoms with Crippen molar-refractivity contribution in [1.29, 1.82) is 0 Å². The molecule has 0 aliphatic rings. The molecular formula is C14H15N3O2. The average Bonchev–Trinajstić information content (AvgIpc) is 2.93. The Bertz CT molecular complexity index is 755. The van der Waals surface area contributed by atoms with E-state index in [4.69, 9.17) is 15.0 Å². The Morgan fingerprint density at radius 2 is 2.11 bits per heavy atom. The predicted molar refractivity (Wildman–Crippen MR) is 74.1 cm³/mol. The Hall–Kier alpha value is -2.43. The second kappa shape index (κ2) is 4.05. The van der Waals surface area contributed by atoms with Gasteiger partial charge in [0, 0.05) is 30.3 Å². The maximum Gasteiger partial charge on any atom is 0.171 e. The standard InChI is InChI=1S/C14H15N3O2/c1-8-4-9(18-3)5-10-11(7-17(2)14(8)10)12-6-13(15)16-19-12/h4-7H,1-3H3,(H2,15,16). The number of anilines is 1. The summed E-state index contributed by atoms with van der Waals surface area (Å²) in [6.45, 7) is 2.06. The molecule has 2 N–H and O–H groups in total. The predicted octanol–water partition coefficient (Wildman–Crippen LogP) is 2.73. The largest absolute Gasteiger partial charge is 0.497 e. The van der Waals surface area contributed by atoms with Crippen molar-refractivity contribution in [2.24, 2.45) is 7.05 Å². The average molecular weight is 257 g/mol. The topological polar surface area (TPSA) is 66.2 Å². The number of hydrogen-bond acceptors (Lipinski definition) is 4. The summed E-state index contributed by atoms with van der Waals surface area (Å²) >= 11 is 0. The van der Waals surface area contributed by atoms with E-state index in [2.05, 4.69) is 16.6 Å². The highest BCUT2D eigenvalue weighted by Gasteiger charge is 2.15. The molecule has 3 rings (SSSR count). The molecule has 0 fully saturated rings. The van der Waals surface area contributed by atoms with Crippen LogP contribution in [0.2, 0.25) is 0 Å². The highest BCUT2D eigenvalue weighted by atomic mass is 16.5. The van der Waals surface area contributed by atoms with Crippen LogP contribution in [-0.2, 0) is 7.05 Å². The lowest BCUT2D eigenvalue weighted by atomic mass is 10.1. The summed E-state index contributed by atoms with van der Waals surface area (Å²) in [5, 5.41) is 4.80. The number of hydrogen-bond donors (Lipinski definition) is 1. The molecule has 0 bridgehead atoms. The van der Waals surface area contributed by atoms with E-state index in [1.807, 2.05) is 25.4 Å². The number of nitrogens with two attached hydrogens (primary N) is 1. The van der Waals surface area contributed by atoms with E-state index < -0.39 is 0 Å². The van der Waals surface area contributed by atoms with E-state index >= 15 is 0 Å². The molecule has 98 valence electrons. The molecule has 0 unspecified atom stereocenters. The molecule has 0 saturated carbocycles. The molecular weight excluding hydrogens is 242 g/mol. The van der Waals surface area contributed by atoms with Crippen molar-refractivity contribution in [1.82, 2.24) is 9.72 Å². The summed E-state index contributed by atoms with van der Waals surface area (Å²) < 4.78 is 12.7. The number of ether oxygens (including phenoxy) is 1. The van der Waals surface area contributed by atoms with Crippen LogP contribution in [0.15, 0.2) is 28.9 Å². The first-order valence-electron chi connectivity index (χ1n) is 5.96. The lowest BCUT2D eigenvalue weighted by molar-refractivity contribution is 0.415. The van der Waals surface area contributed by atoms with Crippen LogP contribution in [0.1, 0.15) is 5.56 Å². The van der Waals surface area contributed by atoms with Crippen molar-refractivity contribution >= 4 is 16.7 Å². The molecule has 2 heterocycles. The maximum absolute atomic E-state index is 5.62. The minimum absolute atomic E-state index is 0.381. The zero-order valence-electron chi connectivity index (χ0n) is 11.1. The summed E-state index contributed by atoms with van der Waals surface area (Å²) in [6.07, 6.45) is 2.01. The van der Waals surface area contributed by atoms with Crippen molar-refractivity contribution in [2.45, 2.75) is 6.92 Å². The lowest BCUT2D eigenvalue weighted by Crippen LogP contribution is -1.89. The van der Waals surface area contributed by atoms with Gasteiger partial charge in [0.2, 0.25) is 0 Å². The quantitative estimate of drug-likeness (QED) is 0.766. The number of aromatic nitrogens is 2. The van der Waals surface area contributed by atoms with E-state index in [1.165, 1.54) is 0 Å². The number of methoxy groups -OCH3 is 1. The highest BCUT2D eigenvalue weighted by Crippen LogP contribution is 2.35. The minimum Gasteiger partial charge on any atom is -0.497 e. The molecule has 0 radical (unpaired) electrons. The van der Waals surface area contributed by atoms with Gasteiger partial charge in [0.05, 0.1) is 12.6 Å². The van der Waals surface area contributed by atoms with Gasteiger partial charge in [0.1, 0.15) is 5.75 Å². The highest BCUT2D eigenvalue weighted by molar-refractivity contribution is 5.97. The van der Waals surface area contributed by atoms with Gasteiger partial charge in [-0.2, -0.15) is 0 Å². The fourth-order valence-corrected chi connectivity index (χ4v) is 2.48. The normalized spacial score (nSPS) is 11.1. The fraction of sp³-hybridized carbons (Fsp3) is 0.214. The summed E-state index contributed by atoms with van der Waals surface area (Å²) in [5.74, 6) is 1.87. The zero-order chi connectivity index (χ0) is 13.6. The molecule has 3 aromatic rings. The smallest absolute Gasteiger partial charge is 0.171 e. The number of benzene rings is 1. The molecule has 5 heteroatoms. The Kier molecular flexibility index (Phi) is 2.48. The van der Waals surface area contributed by atoms with Crippen molar-refractivity contribution in [2.75, 3.05) is 12.8 Å². The number of rotatable bonds is 2. The van der Waals surface area contributed by atoms with Crippen molar-refractivity contribution < 1.29 is 9.26 Å². The van der Waals surface area contributed by atoms with Gasteiger partial charge in [0.15, 0.2) is 11.6 Å². The minimum atomic E-state index is 0.381. The summed E-state index contributed by atoms with van der Waals surface area (Å²) in [4.78, 5) is 0. The number of nitrogens with zero attached hydrogens (tertiary/aromatic N) is 2. The molecule has 2 aromatic heterocycles. The third-order valence-electron chi connectivity index (χ3n) is 3.27. The summed E-state index contributed by atoms with van der Waals surface area (Å²) in [7, 11) is 3.67. The Balaban J connectivity index is 2.34. The maximum atomic E-state index is 5.62. The third kappa shape index (κ3) is 1.74. The first-order chi connectivity index (χ1) is 9.10. The number of fused-ring (bicyclic) bond motifs is 1. The Morgan fingerprint density at radius 1 is 1.32 bits per heavy atom. The van der Waals surface area contributed by atoms with E-state index in [1.54, 1.807) is 13.2 Å². The number of nitrogen functional groups attached to an aromatic ring is 1. The van der Waals surface area contributed by atoms with Crippen LogP contribution in [0, 0.1) is 6.92 Å². The second-order valence-corrected chi connectivity index (χ2v) is 4.61. The van der Waals surface area contributed by atoms with E-state index in [0.717, 1.165) is 27.8 Å². The van der Waals surface area contributed by atoms with Gasteiger partial charge in [-0.3, -0.25) is 0 Å². The van der Waals surface area contributed by atoms with Gasteiger partial charge in [-0.05, 0) is 24.6 Å². The van der Waals surface area contributed by atoms with Crippen LogP contribution >= 0.6 is 0 Å². The monoisotopic (exact) mass is 257 g/mol. The van der Waals surface area contributed by atoms with Gasteiger partial charge in [-0.25, -0.2) is 0 Å². The molecule has 19 heavy (non-hydrogen) atoms. The molecule has 0 atom stereocenters. The summed E-state index contributed by atoms with van der Waals surface area (Å²) in [5.41, 5.74) is 8.87. The van der Waals surface area contributed by atoms with Crippen molar-refractivity contribution in [3.8, 4) is 17.1 Å². The van der Waals surface area contributed by atoms with Gasteiger partial charge in [-0.15, -0.1) is 0 Å². The molecule has 0 spiro atoms. The molecule has 5 nitrogen and oxygen atoms in total. The fourth-order valence-electron chi connectivity index (χ4n) is 2.48. The van der Waals surface area contributed by atoms with Crippen LogP contribution in [0.3, 0.4) is 0 Å². The van der Waals surface area contributed by atoms with E-state index in [0.29, 0.717) is 11.6 Å². The molecule has 1 aromatic carbocycles. The van der Waals surface area contributed by atoms with Gasteiger partial charge < -0.3 is 19.6 Å². The van der Waals surface area contributed by atoms with Crippen LogP contribution < -0.4 is 10.5 Å². The van der Waals surface area contributed by atoms with Crippen LogP contribution in [0.5, 0.6) is 5.75 Å². The third-order valence-corrected chi connectivity index (χ3v) is 3.27. The van der Waals surface area contributed by atoms with Crippen LogP contribution in [0.4, 0.5) is 5.82 Å². The SMILES string of the molecule is COc1cc(C)c2c(c1)c(-c1cc(N)no1)cn2C. The summed E-state index contributed by atoms with van der Waals surface area (Å²) in [6, 6.07) is 5.74. The first kappa shape index (κ1) is 11.6. The first-order valence-corrected chi connectivity index (χ1v) is 5.96. The van der Waals surface area contributed by atoms with Crippen molar-refractivity contribution in [3.63, 3.8) is 0 Å². The molecule has 0 aliphatic carbocycles. The Labute approximate surface area is 110 Å². The molecule has 0 amide bonds. The second-order valence-electron chi connectivity index (χ2n) is 4.61. The van der Waals surface area contributed by atoms with Crippen LogP contribution in [-0.4, -0.2) is 16.8 Å². The van der Waals surface area contributed by atoms with E-state index in [9.17, 15) is 0 Å². The molecule has 0 aliphatic heterocycles. The molecule has 0 saturated heterocycles. The Morgan fingerprint density at radius 3 is 2.74 bits per heavy atom. The van der Waals surface area contributed by atoms with Crippen molar-refractivity contribution in [3.05, 3.63) is 30.0 Å².